The van der Waals surface area contributed by atoms with E-state index in [9.17, 15) is 30.6 Å². The van der Waals surface area contributed by atoms with Gasteiger partial charge in [0.25, 0.3) is 0 Å². The fourth-order valence-corrected chi connectivity index (χ4v) is 2.61. The molecule has 0 radical (unpaired) electrons. The van der Waals surface area contributed by atoms with Gasteiger partial charge in [0.1, 0.15) is 48.8 Å². The Kier molecular flexibility index (Phi) is 6.27. The first-order valence-corrected chi connectivity index (χ1v) is 7.08. The van der Waals surface area contributed by atoms with Gasteiger partial charge in [-0.2, -0.15) is 0 Å². The van der Waals surface area contributed by atoms with Crippen LogP contribution < -0.4 is 0 Å². The van der Waals surface area contributed by atoms with Crippen LogP contribution in [0.2, 0.25) is 0 Å². The van der Waals surface area contributed by atoms with Crippen molar-refractivity contribution in [3.05, 3.63) is 0 Å². The SMILES string of the molecule is OC[C@@H](O)[C@@H]1O[C@@H](O[C@@H]2[C@@H](O)[C@H]([C@H](O)CO)O[C@H]2O)[C@H](O)[C@H]1O. The zero-order chi connectivity index (χ0) is 17.3. The molecule has 2 aliphatic heterocycles. The Balaban J connectivity index is 2.01. The first-order valence-electron chi connectivity index (χ1n) is 7.08. The van der Waals surface area contributed by atoms with Crippen LogP contribution in [0.4, 0.5) is 0 Å². The summed E-state index contributed by atoms with van der Waals surface area (Å²) in [6.45, 7) is -1.43. The summed E-state index contributed by atoms with van der Waals surface area (Å²) >= 11 is 0. The highest BCUT2D eigenvalue weighted by atomic mass is 16.7. The normalized spacial score (nSPS) is 47.0. The molecule has 0 amide bonds. The van der Waals surface area contributed by atoms with Gasteiger partial charge in [-0.3, -0.25) is 0 Å². The third-order valence-electron chi connectivity index (χ3n) is 3.93. The van der Waals surface area contributed by atoms with E-state index >= 15 is 0 Å². The van der Waals surface area contributed by atoms with Crippen molar-refractivity contribution in [2.24, 2.45) is 0 Å². The third-order valence-corrected chi connectivity index (χ3v) is 3.93. The fourth-order valence-electron chi connectivity index (χ4n) is 2.61. The van der Waals surface area contributed by atoms with Crippen LogP contribution in [0.3, 0.4) is 0 Å². The van der Waals surface area contributed by atoms with Crippen molar-refractivity contribution in [1.82, 2.24) is 0 Å². The van der Waals surface area contributed by atoms with Gasteiger partial charge in [0.15, 0.2) is 12.6 Å². The molecule has 23 heavy (non-hydrogen) atoms. The predicted octanol–water partition coefficient (Wildman–Crippen LogP) is -5.40. The number of aliphatic hydroxyl groups is 8. The van der Waals surface area contributed by atoms with Crippen molar-refractivity contribution in [2.75, 3.05) is 13.2 Å². The number of hydrogen-bond donors (Lipinski definition) is 8. The summed E-state index contributed by atoms with van der Waals surface area (Å²) in [5.41, 5.74) is 0. The number of rotatable bonds is 6. The van der Waals surface area contributed by atoms with Gasteiger partial charge in [-0.15, -0.1) is 0 Å². The second kappa shape index (κ2) is 7.63. The van der Waals surface area contributed by atoms with E-state index in [-0.39, 0.29) is 0 Å². The molecule has 0 spiro atoms. The number of aliphatic hydroxyl groups excluding tert-OH is 8. The Morgan fingerprint density at radius 1 is 0.783 bits per heavy atom. The zero-order valence-electron chi connectivity index (χ0n) is 12.0. The van der Waals surface area contributed by atoms with Gasteiger partial charge in [-0.05, 0) is 0 Å². The van der Waals surface area contributed by atoms with Crippen molar-refractivity contribution in [3.63, 3.8) is 0 Å². The molecule has 2 saturated heterocycles. The molecule has 2 heterocycles. The van der Waals surface area contributed by atoms with Gasteiger partial charge < -0.3 is 55.1 Å². The molecule has 0 bridgehead atoms. The average molecular weight is 342 g/mol. The smallest absolute Gasteiger partial charge is 0.187 e. The maximum absolute atomic E-state index is 9.98. The van der Waals surface area contributed by atoms with Gasteiger partial charge in [0, 0.05) is 0 Å². The van der Waals surface area contributed by atoms with Crippen LogP contribution in [-0.4, -0.2) is 115 Å². The standard InChI is InChI=1S/C12H22O11/c13-1-3(15)8-5(17)6(18)12(22-8)23-10-7(19)9(4(16)2-14)21-11(10)20/h3-20H,1-2H2/t3-,4-,5-,6-,7+,8+,9+,10-,11-,12+/m1/s1. The summed E-state index contributed by atoms with van der Waals surface area (Å²) in [4.78, 5) is 0. The lowest BCUT2D eigenvalue weighted by Crippen LogP contribution is -2.45. The molecule has 0 saturated carbocycles. The number of ether oxygens (including phenoxy) is 3. The van der Waals surface area contributed by atoms with Crippen molar-refractivity contribution >= 4 is 0 Å². The van der Waals surface area contributed by atoms with E-state index in [1.807, 2.05) is 0 Å². The van der Waals surface area contributed by atoms with Crippen molar-refractivity contribution in [3.8, 4) is 0 Å². The van der Waals surface area contributed by atoms with E-state index in [2.05, 4.69) is 0 Å². The van der Waals surface area contributed by atoms with Crippen LogP contribution in [0, 0.1) is 0 Å². The minimum atomic E-state index is -1.68. The molecule has 0 aromatic heterocycles. The van der Waals surface area contributed by atoms with Gasteiger partial charge in [0.2, 0.25) is 0 Å². The monoisotopic (exact) mass is 342 g/mol. The molecule has 0 aromatic carbocycles. The molecule has 11 heteroatoms. The summed E-state index contributed by atoms with van der Waals surface area (Å²) in [5.74, 6) is 0. The molecule has 8 N–H and O–H groups in total. The third kappa shape index (κ3) is 3.65. The second-order valence-corrected chi connectivity index (χ2v) is 5.53. The molecule has 0 aromatic rings. The quantitative estimate of drug-likeness (QED) is 0.230. The van der Waals surface area contributed by atoms with E-state index in [1.165, 1.54) is 0 Å². The predicted molar refractivity (Wildman–Crippen MR) is 68.6 cm³/mol. The molecule has 0 unspecified atom stereocenters. The van der Waals surface area contributed by atoms with Gasteiger partial charge >= 0.3 is 0 Å². The van der Waals surface area contributed by atoms with Crippen LogP contribution in [0.25, 0.3) is 0 Å². The van der Waals surface area contributed by atoms with Crippen LogP contribution in [0.15, 0.2) is 0 Å². The van der Waals surface area contributed by atoms with Gasteiger partial charge in [-0.1, -0.05) is 0 Å². The first-order chi connectivity index (χ1) is 10.8. The second-order valence-electron chi connectivity index (χ2n) is 5.53. The molecule has 136 valence electrons. The van der Waals surface area contributed by atoms with Gasteiger partial charge in [0.05, 0.1) is 13.2 Å². The van der Waals surface area contributed by atoms with E-state index in [0.29, 0.717) is 0 Å². The summed E-state index contributed by atoms with van der Waals surface area (Å²) in [6.07, 6.45) is -14.9. The highest BCUT2D eigenvalue weighted by molar-refractivity contribution is 4.95. The molecule has 2 aliphatic rings. The largest absolute Gasteiger partial charge is 0.394 e. The fraction of sp³-hybridized carbons (Fsp3) is 1.00. The highest BCUT2D eigenvalue weighted by Crippen LogP contribution is 2.31. The Morgan fingerprint density at radius 2 is 1.30 bits per heavy atom. The molecule has 11 nitrogen and oxygen atoms in total. The van der Waals surface area contributed by atoms with E-state index in [4.69, 9.17) is 24.4 Å². The van der Waals surface area contributed by atoms with E-state index in [0.717, 1.165) is 0 Å². The summed E-state index contributed by atoms with van der Waals surface area (Å²) < 4.78 is 15.2. The van der Waals surface area contributed by atoms with E-state index in [1.54, 1.807) is 0 Å². The molecule has 2 rings (SSSR count). The number of hydrogen-bond acceptors (Lipinski definition) is 11. The molecular formula is C12H22O11. The lowest BCUT2D eigenvalue weighted by Gasteiger charge is -2.24. The lowest BCUT2D eigenvalue weighted by molar-refractivity contribution is -0.240. The Hall–Kier alpha value is -0.440. The Labute approximate surface area is 130 Å². The summed E-state index contributed by atoms with van der Waals surface area (Å²) in [7, 11) is 0. The average Bonchev–Trinajstić information content (AvgIpc) is 2.98. The molecule has 0 aliphatic carbocycles. The zero-order valence-corrected chi connectivity index (χ0v) is 12.0. The Morgan fingerprint density at radius 3 is 1.83 bits per heavy atom. The summed E-state index contributed by atoms with van der Waals surface area (Å²) in [6, 6.07) is 0. The first kappa shape index (κ1) is 18.9. The lowest BCUT2D eigenvalue weighted by atomic mass is 10.1. The van der Waals surface area contributed by atoms with Gasteiger partial charge in [-0.25, -0.2) is 0 Å². The highest BCUT2D eigenvalue weighted by Gasteiger charge is 2.52. The summed E-state index contributed by atoms with van der Waals surface area (Å²) in [5, 5.41) is 76.0. The minimum Gasteiger partial charge on any atom is -0.394 e. The minimum absolute atomic E-state index is 0.715. The van der Waals surface area contributed by atoms with Crippen molar-refractivity contribution in [2.45, 2.75) is 61.4 Å². The van der Waals surface area contributed by atoms with Crippen LogP contribution in [-0.2, 0) is 14.2 Å². The molecular weight excluding hydrogens is 320 g/mol. The molecule has 2 fully saturated rings. The van der Waals surface area contributed by atoms with E-state index < -0.39 is 74.6 Å². The maximum Gasteiger partial charge on any atom is 0.187 e. The van der Waals surface area contributed by atoms with Crippen molar-refractivity contribution < 1.29 is 55.1 Å². The topological polar surface area (TPSA) is 190 Å². The van der Waals surface area contributed by atoms with Crippen molar-refractivity contribution in [1.29, 1.82) is 0 Å². The van der Waals surface area contributed by atoms with Crippen LogP contribution in [0.5, 0.6) is 0 Å². The maximum atomic E-state index is 9.98. The van der Waals surface area contributed by atoms with Crippen LogP contribution in [0.1, 0.15) is 0 Å². The van der Waals surface area contributed by atoms with Crippen LogP contribution >= 0.6 is 0 Å². The Bertz CT molecular complexity index is 382. The molecule has 10 atom stereocenters.